The zero-order chi connectivity index (χ0) is 10.3. The Balaban J connectivity index is 2.86. The number of aromatic nitrogens is 2. The lowest BCUT2D eigenvalue weighted by Crippen LogP contribution is -1.98. The standard InChI is InChI=1S/C9H8F2N2S/c1-4(2)7-8(11)5(10)3-6-9(7)13-14-12-6/h3-4H,1-2H3. The maximum atomic E-state index is 13.4. The molecule has 0 unspecified atom stereocenters. The van der Waals surface area contributed by atoms with Gasteiger partial charge in [0, 0.05) is 11.6 Å². The van der Waals surface area contributed by atoms with E-state index in [1.165, 1.54) is 0 Å². The van der Waals surface area contributed by atoms with Gasteiger partial charge in [0.1, 0.15) is 11.0 Å². The minimum atomic E-state index is -0.853. The molecule has 0 aliphatic rings. The first-order valence-corrected chi connectivity index (χ1v) is 4.94. The van der Waals surface area contributed by atoms with Gasteiger partial charge in [0.2, 0.25) is 0 Å². The lowest BCUT2D eigenvalue weighted by atomic mass is 10.0. The van der Waals surface area contributed by atoms with Crippen LogP contribution in [0.2, 0.25) is 0 Å². The summed E-state index contributed by atoms with van der Waals surface area (Å²) in [5.41, 5.74) is 1.22. The first-order chi connectivity index (χ1) is 6.61. The van der Waals surface area contributed by atoms with E-state index in [0.29, 0.717) is 16.6 Å². The zero-order valence-electron chi connectivity index (χ0n) is 7.71. The van der Waals surface area contributed by atoms with Crippen molar-refractivity contribution in [1.29, 1.82) is 0 Å². The predicted molar refractivity (Wildman–Crippen MR) is 51.4 cm³/mol. The van der Waals surface area contributed by atoms with Crippen LogP contribution >= 0.6 is 11.7 Å². The molecule has 1 heterocycles. The third kappa shape index (κ3) is 1.28. The van der Waals surface area contributed by atoms with Gasteiger partial charge in [-0.1, -0.05) is 13.8 Å². The van der Waals surface area contributed by atoms with E-state index in [2.05, 4.69) is 8.75 Å². The molecule has 0 amide bonds. The highest BCUT2D eigenvalue weighted by Gasteiger charge is 2.18. The highest BCUT2D eigenvalue weighted by molar-refractivity contribution is 7.00. The van der Waals surface area contributed by atoms with Crippen molar-refractivity contribution in [2.75, 3.05) is 0 Å². The summed E-state index contributed by atoms with van der Waals surface area (Å²) >= 11 is 0.969. The van der Waals surface area contributed by atoms with Gasteiger partial charge in [-0.15, -0.1) is 0 Å². The van der Waals surface area contributed by atoms with Gasteiger partial charge in [0.05, 0.1) is 11.7 Å². The van der Waals surface area contributed by atoms with Crippen molar-refractivity contribution in [2.24, 2.45) is 0 Å². The van der Waals surface area contributed by atoms with Gasteiger partial charge in [-0.3, -0.25) is 0 Å². The Morgan fingerprint density at radius 1 is 1.29 bits per heavy atom. The Bertz CT molecular complexity index is 479. The molecule has 5 heteroatoms. The predicted octanol–water partition coefficient (Wildman–Crippen LogP) is 3.09. The van der Waals surface area contributed by atoms with Crippen LogP contribution in [0.1, 0.15) is 25.3 Å². The van der Waals surface area contributed by atoms with E-state index in [1.807, 2.05) is 0 Å². The van der Waals surface area contributed by atoms with Crippen molar-refractivity contribution in [2.45, 2.75) is 19.8 Å². The van der Waals surface area contributed by atoms with E-state index < -0.39 is 11.6 Å². The smallest absolute Gasteiger partial charge is 0.164 e. The number of nitrogens with zero attached hydrogens (tertiary/aromatic N) is 2. The van der Waals surface area contributed by atoms with Crippen LogP contribution in [0.25, 0.3) is 11.0 Å². The Hall–Kier alpha value is -1.10. The Kier molecular flexibility index (Phi) is 2.19. The van der Waals surface area contributed by atoms with Gasteiger partial charge in [0.15, 0.2) is 11.6 Å². The average molecular weight is 214 g/mol. The maximum Gasteiger partial charge on any atom is 0.164 e. The molecule has 0 spiro atoms. The fraction of sp³-hybridized carbons (Fsp3) is 0.333. The number of hydrogen-bond donors (Lipinski definition) is 0. The second kappa shape index (κ2) is 3.24. The molecule has 0 fully saturated rings. The molecule has 0 bridgehead atoms. The van der Waals surface area contributed by atoms with E-state index >= 15 is 0 Å². The summed E-state index contributed by atoms with van der Waals surface area (Å²) in [6.07, 6.45) is 0. The van der Waals surface area contributed by atoms with Crippen LogP contribution in [0.5, 0.6) is 0 Å². The molecule has 1 aromatic carbocycles. The van der Waals surface area contributed by atoms with Crippen molar-refractivity contribution < 1.29 is 8.78 Å². The van der Waals surface area contributed by atoms with Crippen molar-refractivity contribution >= 4 is 22.8 Å². The van der Waals surface area contributed by atoms with Gasteiger partial charge < -0.3 is 0 Å². The highest BCUT2D eigenvalue weighted by Crippen LogP contribution is 2.28. The SMILES string of the molecule is CC(C)c1c(F)c(F)cc2nsnc12. The molecule has 0 aliphatic carbocycles. The maximum absolute atomic E-state index is 13.4. The second-order valence-electron chi connectivity index (χ2n) is 3.37. The minimum absolute atomic E-state index is 0.0999. The van der Waals surface area contributed by atoms with Crippen LogP contribution in [0.15, 0.2) is 6.07 Å². The van der Waals surface area contributed by atoms with Gasteiger partial charge >= 0.3 is 0 Å². The molecular weight excluding hydrogens is 206 g/mol. The van der Waals surface area contributed by atoms with Crippen LogP contribution in [0.3, 0.4) is 0 Å². The highest BCUT2D eigenvalue weighted by atomic mass is 32.1. The minimum Gasteiger partial charge on any atom is -0.204 e. The van der Waals surface area contributed by atoms with Gasteiger partial charge in [-0.25, -0.2) is 8.78 Å². The molecule has 0 saturated carbocycles. The van der Waals surface area contributed by atoms with Crippen LogP contribution in [-0.2, 0) is 0 Å². The molecule has 74 valence electrons. The number of fused-ring (bicyclic) bond motifs is 1. The quantitative estimate of drug-likeness (QED) is 0.729. The van der Waals surface area contributed by atoms with Gasteiger partial charge in [-0.05, 0) is 5.92 Å². The first kappa shape index (κ1) is 9.45. The molecule has 0 atom stereocenters. The number of hydrogen-bond acceptors (Lipinski definition) is 3. The van der Waals surface area contributed by atoms with E-state index in [4.69, 9.17) is 0 Å². The second-order valence-corrected chi connectivity index (χ2v) is 3.90. The fourth-order valence-electron chi connectivity index (χ4n) is 1.42. The summed E-state index contributed by atoms with van der Waals surface area (Å²) in [5.74, 6) is -1.76. The van der Waals surface area contributed by atoms with E-state index in [9.17, 15) is 8.78 Å². The van der Waals surface area contributed by atoms with Crippen LogP contribution in [0, 0.1) is 11.6 Å². The van der Waals surface area contributed by atoms with Crippen molar-refractivity contribution in [3.63, 3.8) is 0 Å². The third-order valence-electron chi connectivity index (χ3n) is 2.06. The van der Waals surface area contributed by atoms with E-state index in [-0.39, 0.29) is 5.92 Å². The molecule has 0 saturated heterocycles. The third-order valence-corrected chi connectivity index (χ3v) is 2.60. The molecular formula is C9H8F2N2S. The zero-order valence-corrected chi connectivity index (χ0v) is 8.53. The Labute approximate surface area is 83.9 Å². The Morgan fingerprint density at radius 2 is 2.00 bits per heavy atom. The molecule has 0 radical (unpaired) electrons. The monoisotopic (exact) mass is 214 g/mol. The van der Waals surface area contributed by atoms with Crippen LogP contribution < -0.4 is 0 Å². The van der Waals surface area contributed by atoms with Crippen molar-refractivity contribution in [3.05, 3.63) is 23.3 Å². The molecule has 2 nitrogen and oxygen atoms in total. The summed E-state index contributed by atoms with van der Waals surface area (Å²) in [7, 11) is 0. The molecule has 2 rings (SSSR count). The normalized spacial score (nSPS) is 11.5. The summed E-state index contributed by atoms with van der Waals surface area (Å²) < 4.78 is 34.4. The molecule has 14 heavy (non-hydrogen) atoms. The molecule has 1 aromatic heterocycles. The van der Waals surface area contributed by atoms with Crippen molar-refractivity contribution in [1.82, 2.24) is 8.75 Å². The van der Waals surface area contributed by atoms with E-state index in [0.717, 1.165) is 17.8 Å². The van der Waals surface area contributed by atoms with Gasteiger partial charge in [0.25, 0.3) is 0 Å². The molecule has 0 N–H and O–H groups in total. The summed E-state index contributed by atoms with van der Waals surface area (Å²) in [6, 6.07) is 1.08. The molecule has 2 aromatic rings. The largest absolute Gasteiger partial charge is 0.204 e. The van der Waals surface area contributed by atoms with Crippen molar-refractivity contribution in [3.8, 4) is 0 Å². The van der Waals surface area contributed by atoms with Crippen LogP contribution in [-0.4, -0.2) is 8.75 Å². The topological polar surface area (TPSA) is 25.8 Å². The summed E-state index contributed by atoms with van der Waals surface area (Å²) in [6.45, 7) is 3.60. The lowest BCUT2D eigenvalue weighted by Gasteiger charge is -2.07. The summed E-state index contributed by atoms with van der Waals surface area (Å²) in [4.78, 5) is 0. The summed E-state index contributed by atoms with van der Waals surface area (Å²) in [5, 5.41) is 0. The average Bonchev–Trinajstić information content (AvgIpc) is 2.52. The first-order valence-electron chi connectivity index (χ1n) is 4.21. The van der Waals surface area contributed by atoms with E-state index in [1.54, 1.807) is 13.8 Å². The lowest BCUT2D eigenvalue weighted by molar-refractivity contribution is 0.496. The van der Waals surface area contributed by atoms with Crippen LogP contribution in [0.4, 0.5) is 8.78 Å². The number of benzene rings is 1. The van der Waals surface area contributed by atoms with Gasteiger partial charge in [-0.2, -0.15) is 8.75 Å². The molecule has 0 aliphatic heterocycles. The Morgan fingerprint density at radius 3 is 2.64 bits per heavy atom. The fourth-order valence-corrected chi connectivity index (χ4v) is 1.96. The number of rotatable bonds is 1. The number of halogens is 2.